The predicted octanol–water partition coefficient (Wildman–Crippen LogP) is 3.74. The van der Waals surface area contributed by atoms with Gasteiger partial charge in [-0.1, -0.05) is 45.4 Å². The number of amidine groups is 1. The van der Waals surface area contributed by atoms with Crippen molar-refractivity contribution in [1.82, 2.24) is 19.5 Å². The van der Waals surface area contributed by atoms with Crippen molar-refractivity contribution in [3.63, 3.8) is 0 Å². The van der Waals surface area contributed by atoms with Crippen molar-refractivity contribution >= 4 is 38.3 Å². The Morgan fingerprint density at radius 3 is 2.37 bits per heavy atom. The van der Waals surface area contributed by atoms with Gasteiger partial charge in [0.1, 0.15) is 0 Å². The summed E-state index contributed by atoms with van der Waals surface area (Å²) < 4.78 is 27.7. The van der Waals surface area contributed by atoms with E-state index >= 15 is 0 Å². The smallest absolute Gasteiger partial charge is 0.259 e. The highest BCUT2D eigenvalue weighted by Crippen LogP contribution is 2.25. The minimum atomic E-state index is -4.18. The van der Waals surface area contributed by atoms with E-state index in [1.807, 2.05) is 34.6 Å². The zero-order chi connectivity index (χ0) is 20.4. The van der Waals surface area contributed by atoms with E-state index in [1.54, 1.807) is 29.2 Å². The summed E-state index contributed by atoms with van der Waals surface area (Å²) in [4.78, 5) is 5.67. The molecule has 2 aromatic heterocycles. The van der Waals surface area contributed by atoms with Gasteiger partial charge in [-0.3, -0.25) is 5.41 Å². The van der Waals surface area contributed by atoms with Crippen LogP contribution in [0.4, 0.5) is 0 Å². The molecule has 0 spiro atoms. The van der Waals surface area contributed by atoms with Crippen LogP contribution in [0.3, 0.4) is 0 Å². The van der Waals surface area contributed by atoms with Crippen molar-refractivity contribution in [3.05, 3.63) is 29.1 Å². The number of nitrogens with zero attached hydrogens (tertiary/aromatic N) is 4. The second kappa shape index (κ2) is 8.39. The lowest BCUT2D eigenvalue weighted by Gasteiger charge is -2.28. The van der Waals surface area contributed by atoms with E-state index in [4.69, 9.17) is 17.0 Å². The molecule has 0 amide bonds. The summed E-state index contributed by atoms with van der Waals surface area (Å²) in [5, 5.41) is 11.8. The number of nitrogens with one attached hydrogen (secondary N) is 1. The van der Waals surface area contributed by atoms with Gasteiger partial charge in [-0.2, -0.15) is 9.61 Å². The molecule has 0 aliphatic carbocycles. The van der Waals surface area contributed by atoms with Crippen LogP contribution < -0.4 is 0 Å². The van der Waals surface area contributed by atoms with Gasteiger partial charge in [0.15, 0.2) is 10.8 Å². The molecule has 0 atom stereocenters. The maximum atomic E-state index is 13.2. The van der Waals surface area contributed by atoms with Crippen molar-refractivity contribution in [3.8, 4) is 0 Å². The molecule has 0 radical (unpaired) electrons. The number of allylic oxidation sites excluding steroid dienone is 1. The number of halogens is 1. The summed E-state index contributed by atoms with van der Waals surface area (Å²) in [5.41, 5.74) is 0.891. The highest BCUT2D eigenvalue weighted by atomic mass is 35.5. The fourth-order valence-electron chi connectivity index (χ4n) is 2.77. The lowest BCUT2D eigenvalue weighted by Crippen LogP contribution is -2.41. The molecule has 0 aliphatic rings. The van der Waals surface area contributed by atoms with E-state index < -0.39 is 15.0 Å². The van der Waals surface area contributed by atoms with Gasteiger partial charge in [0.25, 0.3) is 9.84 Å². The van der Waals surface area contributed by atoms with E-state index in [-0.39, 0.29) is 22.0 Å². The van der Waals surface area contributed by atoms with Crippen LogP contribution in [0.5, 0.6) is 0 Å². The maximum Gasteiger partial charge on any atom is 0.259 e. The molecule has 148 valence electrons. The summed E-state index contributed by atoms with van der Waals surface area (Å²) in [5.74, 6) is 0.410. The average Bonchev–Trinajstić information content (AvgIpc) is 2.88. The summed E-state index contributed by atoms with van der Waals surface area (Å²) in [7, 11) is -4.18. The Hall–Kier alpha value is -1.93. The number of aromatic nitrogens is 3. The van der Waals surface area contributed by atoms with Crippen molar-refractivity contribution in [2.45, 2.75) is 39.6 Å². The lowest BCUT2D eigenvalue weighted by atomic mass is 10.1. The van der Waals surface area contributed by atoms with Gasteiger partial charge in [-0.15, -0.1) is 0 Å². The Kier molecular flexibility index (Phi) is 6.64. The first-order valence-electron chi connectivity index (χ1n) is 8.84. The highest BCUT2D eigenvalue weighted by molar-refractivity contribution is 8.06. The summed E-state index contributed by atoms with van der Waals surface area (Å²) in [6.07, 6.45) is 3.55. The Morgan fingerprint density at radius 2 is 1.85 bits per heavy atom. The standard InChI is InChI=1S/C18H26ClN5O2S/c1-6-7-14-8-9-15-21-16(19)17(24(15)22-14)27(25,26)18(20)23(10-12(2)3)11-13(4)5/h6-9,12-13,20H,10-11H2,1-5H3. The molecule has 2 aromatic rings. The molecule has 0 aliphatic heterocycles. The van der Waals surface area contributed by atoms with Crippen molar-refractivity contribution in [2.75, 3.05) is 13.1 Å². The zero-order valence-corrected chi connectivity index (χ0v) is 17.8. The molecular weight excluding hydrogens is 386 g/mol. The van der Waals surface area contributed by atoms with Crippen LogP contribution in [0, 0.1) is 17.2 Å². The minimum Gasteiger partial charge on any atom is -0.347 e. The molecule has 27 heavy (non-hydrogen) atoms. The number of sulfone groups is 1. The van der Waals surface area contributed by atoms with Crippen LogP contribution in [0.2, 0.25) is 5.15 Å². The Balaban J connectivity index is 2.58. The van der Waals surface area contributed by atoms with Gasteiger partial charge in [-0.25, -0.2) is 13.4 Å². The molecular formula is C18H26ClN5O2S. The summed E-state index contributed by atoms with van der Waals surface area (Å²) in [6, 6.07) is 3.38. The fraction of sp³-hybridized carbons (Fsp3) is 0.500. The van der Waals surface area contributed by atoms with Crippen LogP contribution >= 0.6 is 11.6 Å². The lowest BCUT2D eigenvalue weighted by molar-refractivity contribution is 0.330. The first-order valence-corrected chi connectivity index (χ1v) is 10.7. The molecule has 0 saturated heterocycles. The Morgan fingerprint density at radius 1 is 1.26 bits per heavy atom. The third kappa shape index (κ3) is 4.68. The van der Waals surface area contributed by atoms with Crippen molar-refractivity contribution in [1.29, 1.82) is 5.41 Å². The van der Waals surface area contributed by atoms with Gasteiger partial charge >= 0.3 is 0 Å². The van der Waals surface area contributed by atoms with E-state index in [1.165, 1.54) is 4.52 Å². The van der Waals surface area contributed by atoms with E-state index in [9.17, 15) is 8.42 Å². The molecule has 2 heterocycles. The van der Waals surface area contributed by atoms with Crippen LogP contribution in [0.15, 0.2) is 23.2 Å². The van der Waals surface area contributed by atoms with Crippen molar-refractivity contribution in [2.24, 2.45) is 11.8 Å². The van der Waals surface area contributed by atoms with Gasteiger partial charge < -0.3 is 4.90 Å². The predicted molar refractivity (Wildman–Crippen MR) is 109 cm³/mol. The van der Waals surface area contributed by atoms with E-state index in [0.29, 0.717) is 24.4 Å². The molecule has 0 saturated carbocycles. The molecule has 0 unspecified atom stereocenters. The summed E-state index contributed by atoms with van der Waals surface area (Å²) >= 11 is 6.16. The number of hydrogen-bond acceptors (Lipinski definition) is 5. The minimum absolute atomic E-state index is 0.182. The molecule has 0 fully saturated rings. The first-order chi connectivity index (χ1) is 12.6. The Labute approximate surface area is 165 Å². The van der Waals surface area contributed by atoms with Crippen LogP contribution in [0.25, 0.3) is 11.7 Å². The number of rotatable bonds is 6. The molecule has 1 N–H and O–H groups in total. The summed E-state index contributed by atoms with van der Waals surface area (Å²) in [6.45, 7) is 10.7. The number of fused-ring (bicyclic) bond motifs is 1. The first kappa shape index (κ1) is 21.4. The maximum absolute atomic E-state index is 13.2. The third-order valence-corrected chi connectivity index (χ3v) is 5.74. The topological polar surface area (TPSA) is 91.4 Å². The monoisotopic (exact) mass is 411 g/mol. The molecule has 7 nitrogen and oxygen atoms in total. The zero-order valence-electron chi connectivity index (χ0n) is 16.3. The van der Waals surface area contributed by atoms with Gasteiger partial charge in [0, 0.05) is 13.1 Å². The third-order valence-electron chi connectivity index (χ3n) is 3.72. The Bertz CT molecular complexity index is 954. The van der Waals surface area contributed by atoms with Crippen LogP contribution in [-0.4, -0.2) is 46.2 Å². The second-order valence-corrected chi connectivity index (χ2v) is 9.38. The van der Waals surface area contributed by atoms with Crippen LogP contribution in [0.1, 0.15) is 40.3 Å². The van der Waals surface area contributed by atoms with E-state index in [0.717, 1.165) is 0 Å². The van der Waals surface area contributed by atoms with Gasteiger partial charge in [-0.05, 0) is 37.0 Å². The normalized spacial score (nSPS) is 12.6. The molecule has 0 bridgehead atoms. The molecule has 9 heteroatoms. The largest absolute Gasteiger partial charge is 0.347 e. The molecule has 0 aromatic carbocycles. The van der Waals surface area contributed by atoms with Crippen LogP contribution in [-0.2, 0) is 9.84 Å². The quantitative estimate of drug-likeness (QED) is 0.577. The SMILES string of the molecule is CC=Cc1ccc2nc(Cl)c(S(=O)(=O)C(=N)N(CC(C)C)CC(C)C)n2n1. The van der Waals surface area contributed by atoms with Crippen molar-refractivity contribution < 1.29 is 8.42 Å². The van der Waals surface area contributed by atoms with Gasteiger partial charge in [0.05, 0.1) is 5.69 Å². The average molecular weight is 412 g/mol. The second-order valence-electron chi connectivity index (χ2n) is 7.24. The van der Waals surface area contributed by atoms with Gasteiger partial charge in [0.2, 0.25) is 10.2 Å². The molecule has 2 rings (SSSR count). The van der Waals surface area contributed by atoms with E-state index in [2.05, 4.69) is 10.1 Å². The number of hydrogen-bond donors (Lipinski definition) is 1. The number of imidazole rings is 1. The highest BCUT2D eigenvalue weighted by Gasteiger charge is 2.33. The fourth-order valence-corrected chi connectivity index (χ4v) is 4.54.